The molecule has 0 aromatic carbocycles. The lowest BCUT2D eigenvalue weighted by Gasteiger charge is -2.15. The second kappa shape index (κ2) is 5.07. The van der Waals surface area contributed by atoms with Crippen LogP contribution >= 0.6 is 0 Å². The normalized spacial score (nSPS) is 11.6. The number of carbonyl (C=O) groups is 1. The van der Waals surface area contributed by atoms with E-state index in [2.05, 4.69) is 4.98 Å². The maximum Gasteiger partial charge on any atom is 0.324 e. The summed E-state index contributed by atoms with van der Waals surface area (Å²) >= 11 is 0. The van der Waals surface area contributed by atoms with E-state index in [0.29, 0.717) is 6.07 Å². The van der Waals surface area contributed by atoms with Crippen LogP contribution in [0.1, 0.15) is 10.4 Å². The third kappa shape index (κ3) is 3.65. The number of carbonyl (C=O) groups excluding carboxylic acids is 1. The fourth-order valence-electron chi connectivity index (χ4n) is 0.921. The first-order valence-corrected chi connectivity index (χ1v) is 4.38. The zero-order chi connectivity index (χ0) is 13.1. The van der Waals surface area contributed by atoms with Crippen molar-refractivity contribution >= 4 is 5.91 Å². The average Bonchev–Trinajstić information content (AvgIpc) is 2.25. The van der Waals surface area contributed by atoms with E-state index in [-0.39, 0.29) is 5.56 Å². The van der Waals surface area contributed by atoms with E-state index in [0.717, 1.165) is 12.3 Å². The Kier molecular flexibility index (Phi) is 3.97. The van der Waals surface area contributed by atoms with Crippen LogP contribution < -0.4 is 5.32 Å². The zero-order valence-electron chi connectivity index (χ0n) is 8.26. The van der Waals surface area contributed by atoms with Gasteiger partial charge in [0, 0.05) is 17.8 Å². The largest absolute Gasteiger partial charge is 0.346 e. The van der Waals surface area contributed by atoms with Crippen LogP contribution in [0.2, 0.25) is 0 Å². The number of amides is 1. The molecule has 0 aliphatic heterocycles. The number of pyridine rings is 1. The molecule has 1 heterocycles. The monoisotopic (exact) mass is 254 g/mol. The van der Waals surface area contributed by atoms with E-state index >= 15 is 0 Å². The Morgan fingerprint density at radius 1 is 1.47 bits per heavy atom. The van der Waals surface area contributed by atoms with Gasteiger partial charge in [-0.3, -0.25) is 4.79 Å². The predicted octanol–water partition coefficient (Wildman–Crippen LogP) is 1.85. The number of nitrogens with one attached hydrogen (secondary N) is 1. The molecule has 1 N–H and O–H groups in total. The van der Waals surface area contributed by atoms with Crippen molar-refractivity contribution in [2.75, 3.05) is 6.54 Å². The topological polar surface area (TPSA) is 42.0 Å². The Balaban J connectivity index is 2.62. The van der Waals surface area contributed by atoms with Crippen molar-refractivity contribution in [1.29, 1.82) is 0 Å². The molecule has 0 saturated carbocycles. The number of hydrogen-bond acceptors (Lipinski definition) is 2. The molecule has 0 fully saturated rings. The van der Waals surface area contributed by atoms with Gasteiger partial charge >= 0.3 is 12.3 Å². The number of hydrogen-bond donors (Lipinski definition) is 1. The van der Waals surface area contributed by atoms with Crippen molar-refractivity contribution in [3.05, 3.63) is 29.8 Å². The molecule has 0 aliphatic rings. The second-order valence-electron chi connectivity index (χ2n) is 3.11. The molecule has 17 heavy (non-hydrogen) atoms. The SMILES string of the molecule is O=C(NCC(F)(F)C(F)F)c1ccnc(F)c1. The van der Waals surface area contributed by atoms with Gasteiger partial charge in [0.05, 0.1) is 6.54 Å². The van der Waals surface area contributed by atoms with Gasteiger partial charge in [-0.25, -0.2) is 13.8 Å². The van der Waals surface area contributed by atoms with Crippen LogP contribution in [0, 0.1) is 5.95 Å². The summed E-state index contributed by atoms with van der Waals surface area (Å²) in [5.41, 5.74) is -0.275. The minimum atomic E-state index is -4.32. The molecule has 0 saturated heterocycles. The van der Waals surface area contributed by atoms with Crippen molar-refractivity contribution in [2.24, 2.45) is 0 Å². The van der Waals surface area contributed by atoms with Gasteiger partial charge < -0.3 is 5.32 Å². The van der Waals surface area contributed by atoms with E-state index in [9.17, 15) is 26.7 Å². The van der Waals surface area contributed by atoms with Gasteiger partial charge in [0.1, 0.15) is 0 Å². The number of aromatic nitrogens is 1. The van der Waals surface area contributed by atoms with Crippen LogP contribution in [-0.2, 0) is 0 Å². The first-order valence-electron chi connectivity index (χ1n) is 4.38. The summed E-state index contributed by atoms with van der Waals surface area (Å²) in [7, 11) is 0. The number of alkyl halides is 4. The molecule has 1 rings (SSSR count). The Morgan fingerprint density at radius 2 is 2.12 bits per heavy atom. The van der Waals surface area contributed by atoms with E-state index < -0.39 is 30.7 Å². The Bertz CT molecular complexity index is 410. The average molecular weight is 254 g/mol. The summed E-state index contributed by atoms with van der Waals surface area (Å²) in [5, 5.41) is 1.58. The second-order valence-corrected chi connectivity index (χ2v) is 3.11. The number of nitrogens with zero attached hydrogens (tertiary/aromatic N) is 1. The minimum absolute atomic E-state index is 0.275. The molecule has 0 aliphatic carbocycles. The van der Waals surface area contributed by atoms with Crippen LogP contribution in [0.25, 0.3) is 0 Å². The Labute approximate surface area is 92.6 Å². The van der Waals surface area contributed by atoms with Gasteiger partial charge in [-0.2, -0.15) is 13.2 Å². The molecule has 1 aromatic heterocycles. The quantitative estimate of drug-likeness (QED) is 0.658. The molecule has 0 unspecified atom stereocenters. The lowest BCUT2D eigenvalue weighted by atomic mass is 10.2. The molecule has 3 nitrogen and oxygen atoms in total. The van der Waals surface area contributed by atoms with Gasteiger partial charge in [0.15, 0.2) is 0 Å². The lowest BCUT2D eigenvalue weighted by molar-refractivity contribution is -0.123. The molecule has 1 aromatic rings. The van der Waals surface area contributed by atoms with Crippen molar-refractivity contribution in [3.8, 4) is 0 Å². The highest BCUT2D eigenvalue weighted by Crippen LogP contribution is 2.21. The summed E-state index contributed by atoms with van der Waals surface area (Å²) in [4.78, 5) is 14.3. The molecule has 0 radical (unpaired) electrons. The van der Waals surface area contributed by atoms with Crippen molar-refractivity contribution in [2.45, 2.75) is 12.3 Å². The van der Waals surface area contributed by atoms with Crippen LogP contribution in [0.15, 0.2) is 18.3 Å². The smallest absolute Gasteiger partial charge is 0.324 e. The van der Waals surface area contributed by atoms with Crippen molar-refractivity contribution in [3.63, 3.8) is 0 Å². The maximum absolute atomic E-state index is 12.6. The standard InChI is InChI=1S/C9H7F5N2O/c10-6-3-5(1-2-15-6)7(17)16-4-9(13,14)8(11)12/h1-3,8H,4H2,(H,16,17). The summed E-state index contributed by atoms with van der Waals surface area (Å²) in [6, 6.07) is 1.77. The lowest BCUT2D eigenvalue weighted by Crippen LogP contribution is -2.41. The fourth-order valence-corrected chi connectivity index (χ4v) is 0.921. The minimum Gasteiger partial charge on any atom is -0.346 e. The summed E-state index contributed by atoms with van der Waals surface area (Å²) in [6.45, 7) is -1.52. The Hall–Kier alpha value is -1.73. The maximum atomic E-state index is 12.6. The van der Waals surface area contributed by atoms with E-state index in [1.807, 2.05) is 0 Å². The molecular formula is C9H7F5N2O. The zero-order valence-corrected chi connectivity index (χ0v) is 8.26. The third-order valence-corrected chi connectivity index (χ3v) is 1.79. The molecule has 0 atom stereocenters. The first-order chi connectivity index (χ1) is 7.83. The highest BCUT2D eigenvalue weighted by molar-refractivity contribution is 5.94. The van der Waals surface area contributed by atoms with Crippen LogP contribution in [0.4, 0.5) is 22.0 Å². The van der Waals surface area contributed by atoms with Crippen molar-refractivity contribution < 1.29 is 26.7 Å². The molecule has 94 valence electrons. The van der Waals surface area contributed by atoms with E-state index in [4.69, 9.17) is 0 Å². The molecule has 8 heteroatoms. The first kappa shape index (κ1) is 13.3. The highest BCUT2D eigenvalue weighted by Gasteiger charge is 2.40. The molecule has 0 spiro atoms. The van der Waals surface area contributed by atoms with Crippen LogP contribution in [-0.4, -0.2) is 29.8 Å². The van der Waals surface area contributed by atoms with Crippen LogP contribution in [0.3, 0.4) is 0 Å². The van der Waals surface area contributed by atoms with Crippen molar-refractivity contribution in [1.82, 2.24) is 10.3 Å². The molecule has 1 amide bonds. The van der Waals surface area contributed by atoms with Crippen LogP contribution in [0.5, 0.6) is 0 Å². The van der Waals surface area contributed by atoms with Gasteiger partial charge in [-0.05, 0) is 6.07 Å². The summed E-state index contributed by atoms with van der Waals surface area (Å²) in [6.07, 6.45) is -2.92. The molecule has 0 bridgehead atoms. The Morgan fingerprint density at radius 3 is 2.65 bits per heavy atom. The van der Waals surface area contributed by atoms with Gasteiger partial charge in [-0.15, -0.1) is 0 Å². The van der Waals surface area contributed by atoms with E-state index in [1.165, 1.54) is 0 Å². The molecular weight excluding hydrogens is 247 g/mol. The fraction of sp³-hybridized carbons (Fsp3) is 0.333. The van der Waals surface area contributed by atoms with Gasteiger partial charge in [-0.1, -0.05) is 0 Å². The number of halogens is 5. The summed E-state index contributed by atoms with van der Waals surface area (Å²) < 4.78 is 61.0. The van der Waals surface area contributed by atoms with E-state index in [1.54, 1.807) is 5.32 Å². The van der Waals surface area contributed by atoms with Gasteiger partial charge in [0.25, 0.3) is 5.91 Å². The third-order valence-electron chi connectivity index (χ3n) is 1.79. The predicted molar refractivity (Wildman–Crippen MR) is 47.5 cm³/mol. The summed E-state index contributed by atoms with van der Waals surface area (Å²) in [5.74, 6) is -6.37. The van der Waals surface area contributed by atoms with Gasteiger partial charge in [0.2, 0.25) is 5.95 Å². The highest BCUT2D eigenvalue weighted by atomic mass is 19.3. The number of rotatable bonds is 4.